The van der Waals surface area contributed by atoms with Crippen molar-refractivity contribution in [2.45, 2.75) is 4.21 Å². The monoisotopic (exact) mass is 314 g/mol. The Morgan fingerprint density at radius 2 is 2.11 bits per heavy atom. The lowest BCUT2D eigenvalue weighted by atomic mass is 10.3. The van der Waals surface area contributed by atoms with Crippen LogP contribution in [0.4, 0.5) is 5.69 Å². The molecule has 0 aliphatic carbocycles. The number of halogens is 1. The molecule has 1 N–H and O–H groups in total. The molecule has 0 radical (unpaired) electrons. The highest BCUT2D eigenvalue weighted by Gasteiger charge is 2.17. The predicted octanol–water partition coefficient (Wildman–Crippen LogP) is 3.34. The van der Waals surface area contributed by atoms with Crippen LogP contribution in [0.25, 0.3) is 11.1 Å². The molecule has 19 heavy (non-hydrogen) atoms. The summed E-state index contributed by atoms with van der Waals surface area (Å²) >= 11 is 6.73. The Morgan fingerprint density at radius 3 is 2.84 bits per heavy atom. The van der Waals surface area contributed by atoms with Crippen molar-refractivity contribution in [2.75, 3.05) is 4.72 Å². The number of fused-ring (bicyclic) bond motifs is 1. The molecule has 98 valence electrons. The molecule has 0 fully saturated rings. The van der Waals surface area contributed by atoms with E-state index in [1.54, 1.807) is 24.3 Å². The van der Waals surface area contributed by atoms with Crippen molar-refractivity contribution < 1.29 is 12.8 Å². The van der Waals surface area contributed by atoms with Crippen LogP contribution in [0.3, 0.4) is 0 Å². The quantitative estimate of drug-likeness (QED) is 0.804. The number of anilines is 1. The van der Waals surface area contributed by atoms with E-state index < -0.39 is 10.0 Å². The second-order valence-corrected chi connectivity index (χ2v) is 7.32. The van der Waals surface area contributed by atoms with Crippen LogP contribution in [0.5, 0.6) is 0 Å². The van der Waals surface area contributed by atoms with E-state index in [4.69, 9.17) is 16.0 Å². The number of nitrogens with one attached hydrogen (secondary N) is 1. The van der Waals surface area contributed by atoms with E-state index >= 15 is 0 Å². The first kappa shape index (κ1) is 12.5. The Kier molecular flexibility index (Phi) is 2.96. The standard InChI is InChI=1S/C11H7ClN2O3S2/c12-10-3-4-11(18-10)19(15,16)14-7-1-2-8-9(5-7)17-6-13-8/h1-6,14H. The first-order valence-electron chi connectivity index (χ1n) is 5.16. The van der Waals surface area contributed by atoms with E-state index in [9.17, 15) is 8.42 Å². The molecule has 0 amide bonds. The van der Waals surface area contributed by atoms with Crippen molar-refractivity contribution in [2.24, 2.45) is 0 Å². The number of rotatable bonds is 3. The number of benzene rings is 1. The summed E-state index contributed by atoms with van der Waals surface area (Å²) in [7, 11) is -3.62. The van der Waals surface area contributed by atoms with Gasteiger partial charge in [0.25, 0.3) is 10.0 Å². The second kappa shape index (κ2) is 4.52. The van der Waals surface area contributed by atoms with Crippen molar-refractivity contribution in [3.63, 3.8) is 0 Å². The van der Waals surface area contributed by atoms with Crippen LogP contribution < -0.4 is 4.72 Å². The van der Waals surface area contributed by atoms with E-state index in [2.05, 4.69) is 9.71 Å². The molecule has 0 spiro atoms. The minimum Gasteiger partial charge on any atom is -0.443 e. The molecule has 3 aromatic rings. The summed E-state index contributed by atoms with van der Waals surface area (Å²) in [5, 5.41) is 0. The molecule has 2 heterocycles. The fourth-order valence-electron chi connectivity index (χ4n) is 1.57. The van der Waals surface area contributed by atoms with Gasteiger partial charge < -0.3 is 4.42 Å². The summed E-state index contributed by atoms with van der Waals surface area (Å²) in [5.74, 6) is 0. The summed E-state index contributed by atoms with van der Waals surface area (Å²) < 4.78 is 32.3. The third-order valence-corrected chi connectivity index (χ3v) is 5.50. The lowest BCUT2D eigenvalue weighted by molar-refractivity contribution is 0.602. The Morgan fingerprint density at radius 1 is 1.26 bits per heavy atom. The molecule has 1 aromatic carbocycles. The zero-order chi connectivity index (χ0) is 13.5. The van der Waals surface area contributed by atoms with Crippen LogP contribution in [0.15, 0.2) is 45.4 Å². The first-order chi connectivity index (χ1) is 9.04. The van der Waals surface area contributed by atoms with E-state index in [-0.39, 0.29) is 4.21 Å². The molecule has 2 aromatic heterocycles. The molecule has 3 rings (SSSR count). The highest BCUT2D eigenvalue weighted by atomic mass is 35.5. The van der Waals surface area contributed by atoms with Gasteiger partial charge >= 0.3 is 0 Å². The van der Waals surface area contributed by atoms with Gasteiger partial charge in [0.1, 0.15) is 9.73 Å². The number of sulfonamides is 1. The molecule has 8 heteroatoms. The van der Waals surface area contributed by atoms with E-state index in [1.807, 2.05) is 0 Å². The Labute approximate surface area is 117 Å². The maximum Gasteiger partial charge on any atom is 0.271 e. The maximum atomic E-state index is 12.1. The van der Waals surface area contributed by atoms with Crippen LogP contribution in [0.2, 0.25) is 4.34 Å². The lowest BCUT2D eigenvalue weighted by Crippen LogP contribution is -2.11. The van der Waals surface area contributed by atoms with Gasteiger partial charge in [-0.1, -0.05) is 11.6 Å². The van der Waals surface area contributed by atoms with E-state index in [1.165, 1.54) is 12.5 Å². The van der Waals surface area contributed by atoms with Crippen LogP contribution in [0.1, 0.15) is 0 Å². The predicted molar refractivity (Wildman–Crippen MR) is 74.1 cm³/mol. The number of oxazole rings is 1. The number of hydrogen-bond donors (Lipinski definition) is 1. The molecule has 0 saturated heterocycles. The minimum atomic E-state index is -3.62. The molecule has 5 nitrogen and oxygen atoms in total. The number of hydrogen-bond acceptors (Lipinski definition) is 5. The molecular formula is C11H7ClN2O3S2. The second-order valence-electron chi connectivity index (χ2n) is 3.70. The topological polar surface area (TPSA) is 72.2 Å². The average Bonchev–Trinajstić information content (AvgIpc) is 2.96. The summed E-state index contributed by atoms with van der Waals surface area (Å²) in [6.45, 7) is 0. The number of thiophene rings is 1. The SMILES string of the molecule is O=S(=O)(Nc1ccc2ncoc2c1)c1ccc(Cl)s1. The van der Waals surface area contributed by atoms with Gasteiger partial charge in [-0.3, -0.25) is 4.72 Å². The van der Waals surface area contributed by atoms with Crippen LogP contribution in [-0.4, -0.2) is 13.4 Å². The van der Waals surface area contributed by atoms with E-state index in [0.29, 0.717) is 21.1 Å². The number of nitrogens with zero attached hydrogens (tertiary/aromatic N) is 1. The van der Waals surface area contributed by atoms with E-state index in [0.717, 1.165) is 11.3 Å². The highest BCUT2D eigenvalue weighted by molar-refractivity contribution is 7.94. The molecule has 0 aliphatic heterocycles. The summed E-state index contributed by atoms with van der Waals surface area (Å²) in [5.41, 5.74) is 1.60. The highest BCUT2D eigenvalue weighted by Crippen LogP contribution is 2.28. The summed E-state index contributed by atoms with van der Waals surface area (Å²) in [4.78, 5) is 3.96. The van der Waals surface area contributed by atoms with Gasteiger partial charge in [0.15, 0.2) is 12.0 Å². The third kappa shape index (κ3) is 2.44. The van der Waals surface area contributed by atoms with Gasteiger partial charge in [0.2, 0.25) is 0 Å². The van der Waals surface area contributed by atoms with Crippen LogP contribution in [0, 0.1) is 0 Å². The fraction of sp³-hybridized carbons (Fsp3) is 0. The van der Waals surface area contributed by atoms with Gasteiger partial charge in [0.05, 0.1) is 10.0 Å². The van der Waals surface area contributed by atoms with Crippen LogP contribution >= 0.6 is 22.9 Å². The van der Waals surface area contributed by atoms with Crippen molar-refractivity contribution in [1.29, 1.82) is 0 Å². The van der Waals surface area contributed by atoms with Crippen molar-refractivity contribution in [3.05, 3.63) is 41.1 Å². The minimum absolute atomic E-state index is 0.162. The Balaban J connectivity index is 1.95. The van der Waals surface area contributed by atoms with Gasteiger partial charge in [-0.15, -0.1) is 11.3 Å². The molecule has 0 unspecified atom stereocenters. The Hall–Kier alpha value is -1.57. The normalized spacial score (nSPS) is 11.8. The van der Waals surface area contributed by atoms with Crippen LogP contribution in [-0.2, 0) is 10.0 Å². The van der Waals surface area contributed by atoms with Crippen molar-refractivity contribution in [3.8, 4) is 0 Å². The fourth-order valence-corrected chi connectivity index (χ4v) is 4.10. The summed E-state index contributed by atoms with van der Waals surface area (Å²) in [6.07, 6.45) is 1.31. The molecule has 0 atom stereocenters. The first-order valence-corrected chi connectivity index (χ1v) is 7.84. The molecule has 0 saturated carbocycles. The smallest absolute Gasteiger partial charge is 0.271 e. The third-order valence-electron chi connectivity index (χ3n) is 2.40. The molecular weight excluding hydrogens is 308 g/mol. The Bertz CT molecular complexity index is 838. The van der Waals surface area contributed by atoms with Gasteiger partial charge in [-0.25, -0.2) is 13.4 Å². The average molecular weight is 315 g/mol. The lowest BCUT2D eigenvalue weighted by Gasteiger charge is -2.05. The summed E-state index contributed by atoms with van der Waals surface area (Å²) in [6, 6.07) is 7.88. The maximum absolute atomic E-state index is 12.1. The molecule has 0 bridgehead atoms. The zero-order valence-corrected chi connectivity index (χ0v) is 11.7. The number of aromatic nitrogens is 1. The molecule has 0 aliphatic rings. The largest absolute Gasteiger partial charge is 0.443 e. The van der Waals surface area contributed by atoms with Gasteiger partial charge in [-0.2, -0.15) is 0 Å². The van der Waals surface area contributed by atoms with Gasteiger partial charge in [-0.05, 0) is 24.3 Å². The van der Waals surface area contributed by atoms with Crippen molar-refractivity contribution >= 4 is 49.7 Å². The zero-order valence-electron chi connectivity index (χ0n) is 9.33. The van der Waals surface area contributed by atoms with Gasteiger partial charge in [0, 0.05) is 6.07 Å². The van der Waals surface area contributed by atoms with Crippen molar-refractivity contribution in [1.82, 2.24) is 4.98 Å².